The molecule has 0 aliphatic heterocycles. The van der Waals surface area contributed by atoms with Crippen LogP contribution in [-0.2, 0) is 6.18 Å². The summed E-state index contributed by atoms with van der Waals surface area (Å²) in [6.45, 7) is 0. The lowest BCUT2D eigenvalue weighted by Gasteiger charge is -2.06. The normalized spacial score (nSPS) is 14.5. The Kier molecular flexibility index (Phi) is 5.80. The lowest BCUT2D eigenvalue weighted by molar-refractivity contribution is -0.137. The molecule has 3 rings (SSSR count). The number of hydrazone groups is 1. The van der Waals surface area contributed by atoms with Crippen LogP contribution >= 0.6 is 28.3 Å². The van der Waals surface area contributed by atoms with E-state index in [0.29, 0.717) is 16.4 Å². The summed E-state index contributed by atoms with van der Waals surface area (Å²) in [6.07, 6.45) is 0.0728. The lowest BCUT2D eigenvalue weighted by atomic mass is 10.1. The zero-order valence-electron chi connectivity index (χ0n) is 12.1. The monoisotopic (exact) mass is 405 g/mol. The molecular weight excluding hydrogens is 391 g/mol. The maximum Gasteiger partial charge on any atom is 0.416 e. The van der Waals surface area contributed by atoms with Crippen LogP contribution in [0.5, 0.6) is 0 Å². The average molecular weight is 406 g/mol. The molecule has 2 aromatic rings. The van der Waals surface area contributed by atoms with Gasteiger partial charge in [0.2, 0.25) is 5.13 Å². The van der Waals surface area contributed by atoms with Gasteiger partial charge in [0.25, 0.3) is 0 Å². The number of hydrogen-bond donors (Lipinski definition) is 1. The van der Waals surface area contributed by atoms with E-state index in [1.165, 1.54) is 36.3 Å². The van der Waals surface area contributed by atoms with E-state index in [-0.39, 0.29) is 17.0 Å². The SMILES string of the molecule is Br.FC(F)(F)c1ccc(-c2csc(NN=C3CCCC3)n2)cc1. The van der Waals surface area contributed by atoms with Crippen LogP contribution < -0.4 is 5.43 Å². The van der Waals surface area contributed by atoms with Crippen LogP contribution in [0.15, 0.2) is 34.7 Å². The Morgan fingerprint density at radius 1 is 1.09 bits per heavy atom. The Hall–Kier alpha value is -1.41. The van der Waals surface area contributed by atoms with Gasteiger partial charge in [-0.25, -0.2) is 4.98 Å². The average Bonchev–Trinajstić information content (AvgIpc) is 3.16. The first-order valence-corrected chi connectivity index (χ1v) is 7.85. The maximum atomic E-state index is 12.5. The molecule has 1 N–H and O–H groups in total. The predicted octanol–water partition coefficient (Wildman–Crippen LogP) is 5.75. The first kappa shape index (κ1) is 17.9. The first-order valence-electron chi connectivity index (χ1n) is 6.97. The highest BCUT2D eigenvalue weighted by molar-refractivity contribution is 8.93. The van der Waals surface area contributed by atoms with E-state index in [1.807, 2.05) is 0 Å². The maximum absolute atomic E-state index is 12.5. The topological polar surface area (TPSA) is 37.3 Å². The number of rotatable bonds is 3. The molecular formula is C15H15BrF3N3S. The predicted molar refractivity (Wildman–Crippen MR) is 92.4 cm³/mol. The molecule has 1 saturated carbocycles. The Bertz CT molecular complexity index is 672. The van der Waals surface area contributed by atoms with Gasteiger partial charge in [-0.1, -0.05) is 12.1 Å². The number of hydrogen-bond acceptors (Lipinski definition) is 4. The fourth-order valence-electron chi connectivity index (χ4n) is 2.31. The molecule has 0 atom stereocenters. The molecule has 1 heterocycles. The molecule has 23 heavy (non-hydrogen) atoms. The molecule has 1 aliphatic rings. The van der Waals surface area contributed by atoms with Crippen molar-refractivity contribution < 1.29 is 13.2 Å². The van der Waals surface area contributed by atoms with Crippen LogP contribution in [0.2, 0.25) is 0 Å². The van der Waals surface area contributed by atoms with Gasteiger partial charge in [-0.15, -0.1) is 28.3 Å². The molecule has 8 heteroatoms. The van der Waals surface area contributed by atoms with Gasteiger partial charge in [0.05, 0.1) is 11.3 Å². The summed E-state index contributed by atoms with van der Waals surface area (Å²) in [5.74, 6) is 0. The number of alkyl halides is 3. The van der Waals surface area contributed by atoms with Crippen molar-refractivity contribution in [1.29, 1.82) is 0 Å². The highest BCUT2D eigenvalue weighted by atomic mass is 79.9. The zero-order valence-corrected chi connectivity index (χ0v) is 14.6. The van der Waals surface area contributed by atoms with E-state index in [0.717, 1.165) is 30.7 Å². The Balaban J connectivity index is 0.00000192. The molecule has 0 amide bonds. The van der Waals surface area contributed by atoms with Crippen molar-refractivity contribution in [3.8, 4) is 11.3 Å². The van der Waals surface area contributed by atoms with Gasteiger partial charge in [-0.05, 0) is 37.8 Å². The summed E-state index contributed by atoms with van der Waals surface area (Å²) in [5.41, 5.74) is 4.72. The van der Waals surface area contributed by atoms with Crippen LogP contribution in [-0.4, -0.2) is 10.7 Å². The van der Waals surface area contributed by atoms with Crippen molar-refractivity contribution in [2.75, 3.05) is 5.43 Å². The number of thiazole rings is 1. The van der Waals surface area contributed by atoms with Crippen LogP contribution in [0.4, 0.5) is 18.3 Å². The number of nitrogens with one attached hydrogen (secondary N) is 1. The first-order chi connectivity index (χ1) is 10.5. The molecule has 3 nitrogen and oxygen atoms in total. The molecule has 1 fully saturated rings. The van der Waals surface area contributed by atoms with Crippen LogP contribution in [0.3, 0.4) is 0 Å². The van der Waals surface area contributed by atoms with E-state index in [9.17, 15) is 13.2 Å². The standard InChI is InChI=1S/C15H14F3N3S.BrH/c16-15(17,18)11-7-5-10(6-8-11)13-9-22-14(19-13)21-20-12-3-1-2-4-12;/h5-9H,1-4H2,(H,19,21);1H. The number of nitrogens with zero attached hydrogens (tertiary/aromatic N) is 2. The Morgan fingerprint density at radius 2 is 1.74 bits per heavy atom. The molecule has 0 bridgehead atoms. The van der Waals surface area contributed by atoms with Gasteiger partial charge in [0, 0.05) is 16.7 Å². The van der Waals surface area contributed by atoms with Crippen LogP contribution in [0, 0.1) is 0 Å². The fourth-order valence-corrected chi connectivity index (χ4v) is 2.97. The van der Waals surface area contributed by atoms with Gasteiger partial charge < -0.3 is 0 Å². The third-order valence-corrected chi connectivity index (χ3v) is 4.25. The Morgan fingerprint density at radius 3 is 2.35 bits per heavy atom. The van der Waals surface area contributed by atoms with Crippen molar-refractivity contribution >= 4 is 39.2 Å². The third-order valence-electron chi connectivity index (χ3n) is 3.50. The number of anilines is 1. The lowest BCUT2D eigenvalue weighted by Crippen LogP contribution is -2.04. The van der Waals surface area contributed by atoms with Gasteiger partial charge >= 0.3 is 6.18 Å². The van der Waals surface area contributed by atoms with Crippen molar-refractivity contribution in [2.24, 2.45) is 5.10 Å². The third kappa shape index (κ3) is 4.54. The number of halogens is 4. The number of benzene rings is 1. The minimum Gasteiger partial charge on any atom is -0.253 e. The molecule has 1 aromatic carbocycles. The van der Waals surface area contributed by atoms with E-state index >= 15 is 0 Å². The summed E-state index contributed by atoms with van der Waals surface area (Å²) in [5, 5.41) is 6.77. The van der Waals surface area contributed by atoms with Crippen LogP contribution in [0.1, 0.15) is 31.2 Å². The highest BCUT2D eigenvalue weighted by Gasteiger charge is 2.30. The summed E-state index contributed by atoms with van der Waals surface area (Å²) in [6, 6.07) is 5.01. The molecule has 0 saturated heterocycles. The summed E-state index contributed by atoms with van der Waals surface area (Å²) >= 11 is 1.39. The Labute approximate surface area is 146 Å². The minimum absolute atomic E-state index is 0. The fraction of sp³-hybridized carbons (Fsp3) is 0.333. The summed E-state index contributed by atoms with van der Waals surface area (Å²) in [4.78, 5) is 4.35. The van der Waals surface area contributed by atoms with Crippen molar-refractivity contribution in [2.45, 2.75) is 31.9 Å². The molecule has 0 unspecified atom stereocenters. The van der Waals surface area contributed by atoms with Crippen molar-refractivity contribution in [3.63, 3.8) is 0 Å². The van der Waals surface area contributed by atoms with Gasteiger partial charge in [0.1, 0.15) is 0 Å². The minimum atomic E-state index is -4.31. The zero-order chi connectivity index (χ0) is 15.6. The number of aromatic nitrogens is 1. The smallest absolute Gasteiger partial charge is 0.253 e. The van der Waals surface area contributed by atoms with Crippen molar-refractivity contribution in [1.82, 2.24) is 4.98 Å². The summed E-state index contributed by atoms with van der Waals surface area (Å²) < 4.78 is 37.6. The molecule has 0 spiro atoms. The van der Waals surface area contributed by atoms with Gasteiger partial charge in [0.15, 0.2) is 0 Å². The van der Waals surface area contributed by atoms with E-state index in [2.05, 4.69) is 15.5 Å². The highest BCUT2D eigenvalue weighted by Crippen LogP contribution is 2.31. The van der Waals surface area contributed by atoms with Crippen molar-refractivity contribution in [3.05, 3.63) is 35.2 Å². The van der Waals surface area contributed by atoms with E-state index in [1.54, 1.807) is 5.38 Å². The largest absolute Gasteiger partial charge is 0.416 e. The van der Waals surface area contributed by atoms with Gasteiger partial charge in [-0.3, -0.25) is 5.43 Å². The van der Waals surface area contributed by atoms with Crippen LogP contribution in [0.25, 0.3) is 11.3 Å². The van der Waals surface area contributed by atoms with E-state index in [4.69, 9.17) is 0 Å². The molecule has 124 valence electrons. The van der Waals surface area contributed by atoms with E-state index < -0.39 is 11.7 Å². The molecule has 1 aliphatic carbocycles. The second-order valence-corrected chi connectivity index (χ2v) is 5.97. The molecule has 0 radical (unpaired) electrons. The second kappa shape index (κ2) is 7.44. The second-order valence-electron chi connectivity index (χ2n) is 5.11. The molecule has 1 aromatic heterocycles. The van der Waals surface area contributed by atoms with Gasteiger partial charge in [-0.2, -0.15) is 18.3 Å². The summed E-state index contributed by atoms with van der Waals surface area (Å²) in [7, 11) is 0. The quantitative estimate of drug-likeness (QED) is 0.660.